The summed E-state index contributed by atoms with van der Waals surface area (Å²) in [6.45, 7) is 2.05. The van der Waals surface area contributed by atoms with Crippen LogP contribution in [0.15, 0.2) is 30.7 Å². The summed E-state index contributed by atoms with van der Waals surface area (Å²) in [5.74, 6) is 0. The minimum absolute atomic E-state index is 0.0202. The van der Waals surface area contributed by atoms with Crippen molar-refractivity contribution in [3.63, 3.8) is 0 Å². The lowest BCUT2D eigenvalue weighted by Crippen LogP contribution is -2.10. The highest BCUT2D eigenvalue weighted by Crippen LogP contribution is 2.13. The van der Waals surface area contributed by atoms with Gasteiger partial charge in [-0.15, -0.1) is 0 Å². The SMILES string of the molecule is CC[C@H](N)c1ccc(-n2cc(I)cn2)cn1. The minimum atomic E-state index is 0.0202. The van der Waals surface area contributed by atoms with E-state index in [-0.39, 0.29) is 6.04 Å². The fourth-order valence-electron chi connectivity index (χ4n) is 1.40. The molecule has 84 valence electrons. The maximum atomic E-state index is 5.90. The Morgan fingerprint density at radius 1 is 1.44 bits per heavy atom. The van der Waals surface area contributed by atoms with E-state index < -0.39 is 0 Å². The number of hydrogen-bond acceptors (Lipinski definition) is 3. The predicted octanol–water partition coefficient (Wildman–Crippen LogP) is 2.28. The van der Waals surface area contributed by atoms with Crippen molar-refractivity contribution in [3.05, 3.63) is 40.0 Å². The first-order valence-electron chi connectivity index (χ1n) is 5.12. The third kappa shape index (κ3) is 2.41. The van der Waals surface area contributed by atoms with Gasteiger partial charge in [-0.25, -0.2) is 4.68 Å². The summed E-state index contributed by atoms with van der Waals surface area (Å²) < 4.78 is 2.91. The van der Waals surface area contributed by atoms with E-state index in [4.69, 9.17) is 5.73 Å². The number of rotatable bonds is 3. The first-order chi connectivity index (χ1) is 7.70. The molecule has 0 amide bonds. The Balaban J connectivity index is 2.25. The topological polar surface area (TPSA) is 56.7 Å². The van der Waals surface area contributed by atoms with E-state index in [1.807, 2.05) is 24.5 Å². The van der Waals surface area contributed by atoms with E-state index in [1.165, 1.54) is 0 Å². The van der Waals surface area contributed by atoms with Crippen molar-refractivity contribution in [1.29, 1.82) is 0 Å². The van der Waals surface area contributed by atoms with Crippen molar-refractivity contribution in [1.82, 2.24) is 14.8 Å². The second-order valence-corrected chi connectivity index (χ2v) is 4.80. The second-order valence-electron chi connectivity index (χ2n) is 3.56. The molecule has 0 radical (unpaired) electrons. The van der Waals surface area contributed by atoms with Crippen LogP contribution in [0.3, 0.4) is 0 Å². The van der Waals surface area contributed by atoms with Crippen LogP contribution in [0.4, 0.5) is 0 Å². The normalized spacial score (nSPS) is 12.7. The molecule has 0 fully saturated rings. The maximum Gasteiger partial charge on any atom is 0.0829 e. The van der Waals surface area contributed by atoms with Gasteiger partial charge < -0.3 is 5.73 Å². The van der Waals surface area contributed by atoms with Crippen LogP contribution in [0.2, 0.25) is 0 Å². The summed E-state index contributed by atoms with van der Waals surface area (Å²) in [7, 11) is 0. The number of hydrogen-bond donors (Lipinski definition) is 1. The third-order valence-electron chi connectivity index (χ3n) is 2.41. The van der Waals surface area contributed by atoms with Crippen LogP contribution in [0.5, 0.6) is 0 Å². The Kier molecular flexibility index (Phi) is 3.55. The summed E-state index contributed by atoms with van der Waals surface area (Å²) in [4.78, 5) is 4.35. The predicted molar refractivity (Wildman–Crippen MR) is 71.3 cm³/mol. The molecule has 0 bridgehead atoms. The first-order valence-corrected chi connectivity index (χ1v) is 6.20. The van der Waals surface area contributed by atoms with Crippen molar-refractivity contribution in [2.45, 2.75) is 19.4 Å². The molecule has 0 aromatic carbocycles. The molecule has 2 aromatic heterocycles. The van der Waals surface area contributed by atoms with E-state index in [1.54, 1.807) is 10.9 Å². The Hall–Kier alpha value is -0.950. The molecule has 0 aliphatic heterocycles. The van der Waals surface area contributed by atoms with Gasteiger partial charge >= 0.3 is 0 Å². The van der Waals surface area contributed by atoms with Crippen molar-refractivity contribution in [2.75, 3.05) is 0 Å². The van der Waals surface area contributed by atoms with Crippen LogP contribution in [0, 0.1) is 3.57 Å². The molecule has 16 heavy (non-hydrogen) atoms. The standard InChI is InChI=1S/C11H13IN4/c1-2-10(13)11-4-3-9(6-14-11)16-7-8(12)5-15-16/h3-7,10H,2,13H2,1H3/t10-/m0/s1. The zero-order chi connectivity index (χ0) is 11.5. The smallest absolute Gasteiger partial charge is 0.0829 e. The molecule has 0 unspecified atom stereocenters. The molecular formula is C11H13IN4. The van der Waals surface area contributed by atoms with Crippen LogP contribution in [0.1, 0.15) is 25.1 Å². The van der Waals surface area contributed by atoms with Gasteiger partial charge in [0.2, 0.25) is 0 Å². The van der Waals surface area contributed by atoms with Gasteiger partial charge in [-0.05, 0) is 41.1 Å². The molecule has 4 nitrogen and oxygen atoms in total. The average Bonchev–Trinajstić information content (AvgIpc) is 2.75. The highest BCUT2D eigenvalue weighted by atomic mass is 127. The van der Waals surface area contributed by atoms with E-state index in [2.05, 4.69) is 39.6 Å². The molecule has 0 spiro atoms. The summed E-state index contributed by atoms with van der Waals surface area (Å²) in [6, 6.07) is 3.96. The molecule has 2 N–H and O–H groups in total. The van der Waals surface area contributed by atoms with Crippen LogP contribution >= 0.6 is 22.6 Å². The highest BCUT2D eigenvalue weighted by molar-refractivity contribution is 14.1. The molecule has 2 aromatic rings. The fraction of sp³-hybridized carbons (Fsp3) is 0.273. The summed E-state index contributed by atoms with van der Waals surface area (Å²) >= 11 is 2.23. The van der Waals surface area contributed by atoms with Crippen LogP contribution in [-0.2, 0) is 0 Å². The van der Waals surface area contributed by atoms with Crippen LogP contribution in [-0.4, -0.2) is 14.8 Å². The summed E-state index contributed by atoms with van der Waals surface area (Å²) in [5, 5.41) is 4.22. The second kappa shape index (κ2) is 4.92. The molecule has 2 rings (SSSR count). The van der Waals surface area contributed by atoms with Gasteiger partial charge in [0.25, 0.3) is 0 Å². The first kappa shape index (κ1) is 11.5. The fourth-order valence-corrected chi connectivity index (χ4v) is 1.79. The number of nitrogens with zero attached hydrogens (tertiary/aromatic N) is 3. The van der Waals surface area contributed by atoms with E-state index in [0.717, 1.165) is 21.4 Å². The number of nitrogens with two attached hydrogens (primary N) is 1. The van der Waals surface area contributed by atoms with Crippen molar-refractivity contribution in [2.24, 2.45) is 5.73 Å². The van der Waals surface area contributed by atoms with Gasteiger partial charge in [-0.3, -0.25) is 4.98 Å². The Morgan fingerprint density at radius 3 is 2.75 bits per heavy atom. The van der Waals surface area contributed by atoms with Crippen molar-refractivity contribution >= 4 is 22.6 Å². The molecule has 0 aliphatic carbocycles. The van der Waals surface area contributed by atoms with E-state index in [0.29, 0.717) is 0 Å². The van der Waals surface area contributed by atoms with Gasteiger partial charge in [0, 0.05) is 12.2 Å². The molecule has 0 saturated heterocycles. The van der Waals surface area contributed by atoms with Crippen molar-refractivity contribution in [3.8, 4) is 5.69 Å². The average molecular weight is 328 g/mol. The number of aromatic nitrogens is 3. The Labute approximate surface area is 108 Å². The van der Waals surface area contributed by atoms with E-state index in [9.17, 15) is 0 Å². The van der Waals surface area contributed by atoms with Gasteiger partial charge in [0.05, 0.1) is 27.3 Å². The zero-order valence-corrected chi connectivity index (χ0v) is 11.1. The molecule has 5 heteroatoms. The summed E-state index contributed by atoms with van der Waals surface area (Å²) in [5.41, 5.74) is 7.78. The molecule has 0 aliphatic rings. The van der Waals surface area contributed by atoms with Gasteiger partial charge in [-0.2, -0.15) is 5.10 Å². The summed E-state index contributed by atoms with van der Waals surface area (Å²) in [6.07, 6.45) is 6.46. The molecule has 2 heterocycles. The third-order valence-corrected chi connectivity index (χ3v) is 2.96. The molecular weight excluding hydrogens is 315 g/mol. The van der Waals surface area contributed by atoms with Crippen LogP contribution < -0.4 is 5.73 Å². The van der Waals surface area contributed by atoms with Crippen LogP contribution in [0.25, 0.3) is 5.69 Å². The number of pyridine rings is 1. The lowest BCUT2D eigenvalue weighted by atomic mass is 10.1. The van der Waals surface area contributed by atoms with Crippen molar-refractivity contribution < 1.29 is 0 Å². The van der Waals surface area contributed by atoms with Gasteiger partial charge in [-0.1, -0.05) is 6.92 Å². The monoisotopic (exact) mass is 328 g/mol. The number of halogens is 1. The molecule has 1 atom stereocenters. The largest absolute Gasteiger partial charge is 0.323 e. The zero-order valence-electron chi connectivity index (χ0n) is 8.97. The minimum Gasteiger partial charge on any atom is -0.323 e. The lowest BCUT2D eigenvalue weighted by Gasteiger charge is -2.08. The Bertz CT molecular complexity index is 463. The quantitative estimate of drug-likeness (QED) is 0.880. The highest BCUT2D eigenvalue weighted by Gasteiger charge is 2.05. The van der Waals surface area contributed by atoms with Gasteiger partial charge in [0.15, 0.2) is 0 Å². The molecule has 0 saturated carbocycles. The lowest BCUT2D eigenvalue weighted by molar-refractivity contribution is 0.674. The van der Waals surface area contributed by atoms with Gasteiger partial charge in [0.1, 0.15) is 0 Å². The maximum absolute atomic E-state index is 5.90. The van der Waals surface area contributed by atoms with E-state index >= 15 is 0 Å². The Morgan fingerprint density at radius 2 is 2.25 bits per heavy atom.